The van der Waals surface area contributed by atoms with Crippen molar-refractivity contribution in [2.45, 2.75) is 64.8 Å². The van der Waals surface area contributed by atoms with E-state index in [1.165, 1.54) is 41.9 Å². The molecule has 0 saturated heterocycles. The van der Waals surface area contributed by atoms with Crippen LogP contribution in [-0.2, 0) is 12.8 Å². The van der Waals surface area contributed by atoms with Gasteiger partial charge < -0.3 is 0 Å². The highest BCUT2D eigenvalue weighted by Crippen LogP contribution is 2.40. The second-order valence-corrected chi connectivity index (χ2v) is 7.11. The van der Waals surface area contributed by atoms with Crippen LogP contribution in [0.3, 0.4) is 0 Å². The summed E-state index contributed by atoms with van der Waals surface area (Å²) in [6.07, 6.45) is 8.96. The van der Waals surface area contributed by atoms with Gasteiger partial charge in [0, 0.05) is 15.8 Å². The highest BCUT2D eigenvalue weighted by Gasteiger charge is 2.35. The molecule has 3 heteroatoms. The predicted molar refractivity (Wildman–Crippen MR) is 79.7 cm³/mol. The predicted octanol–water partition coefficient (Wildman–Crippen LogP) is 3.66. The molecule has 0 radical (unpaired) electrons. The molecule has 2 nitrogen and oxygen atoms in total. The smallest absolute Gasteiger partial charge is 0.0312 e. The second kappa shape index (κ2) is 6.18. The standard InChI is InChI=1S/C15H26N2S/c1-3-12-7-8-13(18-12)11-14(17-16)15(2)9-5-4-6-10-15/h7-8,14,17H,3-6,9-11,16H2,1-2H3. The quantitative estimate of drug-likeness (QED) is 0.630. The number of nitrogens with one attached hydrogen (secondary N) is 1. The van der Waals surface area contributed by atoms with Crippen LogP contribution in [0.15, 0.2) is 12.1 Å². The second-order valence-electron chi connectivity index (χ2n) is 5.86. The van der Waals surface area contributed by atoms with Crippen molar-refractivity contribution < 1.29 is 0 Å². The molecule has 1 heterocycles. The van der Waals surface area contributed by atoms with Gasteiger partial charge in [0.25, 0.3) is 0 Å². The fourth-order valence-electron chi connectivity index (χ4n) is 3.14. The summed E-state index contributed by atoms with van der Waals surface area (Å²) in [5.74, 6) is 5.83. The van der Waals surface area contributed by atoms with Gasteiger partial charge in [-0.15, -0.1) is 11.3 Å². The molecule has 1 aromatic heterocycles. The van der Waals surface area contributed by atoms with Crippen molar-refractivity contribution in [3.05, 3.63) is 21.9 Å². The van der Waals surface area contributed by atoms with Crippen molar-refractivity contribution in [1.82, 2.24) is 5.43 Å². The molecule has 2 rings (SSSR count). The van der Waals surface area contributed by atoms with Crippen LogP contribution in [0.25, 0.3) is 0 Å². The van der Waals surface area contributed by atoms with Crippen LogP contribution in [0.2, 0.25) is 0 Å². The molecule has 0 bridgehead atoms. The zero-order valence-electron chi connectivity index (χ0n) is 11.7. The van der Waals surface area contributed by atoms with E-state index in [1.807, 2.05) is 11.3 Å². The molecule has 1 unspecified atom stereocenters. The minimum absolute atomic E-state index is 0.378. The van der Waals surface area contributed by atoms with E-state index in [0.717, 1.165) is 12.8 Å². The zero-order chi connectivity index (χ0) is 13.0. The van der Waals surface area contributed by atoms with Gasteiger partial charge in [-0.2, -0.15) is 0 Å². The van der Waals surface area contributed by atoms with Crippen LogP contribution in [-0.4, -0.2) is 6.04 Å². The summed E-state index contributed by atoms with van der Waals surface area (Å²) < 4.78 is 0. The Morgan fingerprint density at radius 2 is 1.94 bits per heavy atom. The summed E-state index contributed by atoms with van der Waals surface area (Å²) >= 11 is 1.94. The molecule has 0 aromatic carbocycles. The first-order valence-electron chi connectivity index (χ1n) is 7.21. The maximum atomic E-state index is 5.83. The highest BCUT2D eigenvalue weighted by molar-refractivity contribution is 7.11. The van der Waals surface area contributed by atoms with Crippen LogP contribution in [0.1, 0.15) is 55.7 Å². The normalized spacial score (nSPS) is 20.8. The van der Waals surface area contributed by atoms with Crippen LogP contribution in [0.4, 0.5) is 0 Å². The number of nitrogens with two attached hydrogens (primary N) is 1. The monoisotopic (exact) mass is 266 g/mol. The Hall–Kier alpha value is -0.380. The van der Waals surface area contributed by atoms with Gasteiger partial charge in [-0.05, 0) is 43.2 Å². The summed E-state index contributed by atoms with van der Waals surface area (Å²) in [5, 5.41) is 0. The topological polar surface area (TPSA) is 38.0 Å². The third-order valence-corrected chi connectivity index (χ3v) is 5.76. The van der Waals surface area contributed by atoms with Gasteiger partial charge in [0.05, 0.1) is 0 Å². The van der Waals surface area contributed by atoms with E-state index < -0.39 is 0 Å². The van der Waals surface area contributed by atoms with Gasteiger partial charge >= 0.3 is 0 Å². The van der Waals surface area contributed by atoms with Gasteiger partial charge in [-0.1, -0.05) is 33.1 Å². The lowest BCUT2D eigenvalue weighted by molar-refractivity contribution is 0.144. The minimum atomic E-state index is 0.378. The molecular formula is C15H26N2S. The molecule has 1 saturated carbocycles. The van der Waals surface area contributed by atoms with Crippen molar-refractivity contribution in [2.24, 2.45) is 11.3 Å². The third-order valence-electron chi connectivity index (χ3n) is 4.51. The lowest BCUT2D eigenvalue weighted by Gasteiger charge is -2.40. The van der Waals surface area contributed by atoms with Crippen molar-refractivity contribution in [1.29, 1.82) is 0 Å². The molecule has 3 N–H and O–H groups in total. The molecule has 0 spiro atoms. The molecule has 1 fully saturated rings. The van der Waals surface area contributed by atoms with E-state index in [9.17, 15) is 0 Å². The number of thiophene rings is 1. The molecule has 1 aliphatic carbocycles. The zero-order valence-corrected chi connectivity index (χ0v) is 12.5. The van der Waals surface area contributed by atoms with Crippen LogP contribution >= 0.6 is 11.3 Å². The molecule has 0 aliphatic heterocycles. The minimum Gasteiger partial charge on any atom is -0.271 e. The molecule has 1 aliphatic rings. The molecule has 102 valence electrons. The number of rotatable bonds is 5. The van der Waals surface area contributed by atoms with E-state index in [1.54, 1.807) is 0 Å². The average molecular weight is 266 g/mol. The van der Waals surface area contributed by atoms with E-state index in [4.69, 9.17) is 5.84 Å². The molecule has 0 amide bonds. The fraction of sp³-hybridized carbons (Fsp3) is 0.733. The Morgan fingerprint density at radius 3 is 2.50 bits per heavy atom. The van der Waals surface area contributed by atoms with Gasteiger partial charge in [-0.3, -0.25) is 11.3 Å². The maximum absolute atomic E-state index is 5.83. The van der Waals surface area contributed by atoms with E-state index >= 15 is 0 Å². The highest BCUT2D eigenvalue weighted by atomic mass is 32.1. The molecule has 1 atom stereocenters. The Kier molecular flexibility index (Phi) is 4.82. The first-order chi connectivity index (χ1) is 8.68. The van der Waals surface area contributed by atoms with Crippen molar-refractivity contribution in [3.63, 3.8) is 0 Å². The van der Waals surface area contributed by atoms with Crippen molar-refractivity contribution >= 4 is 11.3 Å². The summed E-state index contributed by atoms with van der Waals surface area (Å²) in [5.41, 5.74) is 3.47. The molecule has 18 heavy (non-hydrogen) atoms. The van der Waals surface area contributed by atoms with Crippen molar-refractivity contribution in [2.75, 3.05) is 0 Å². The Morgan fingerprint density at radius 1 is 1.28 bits per heavy atom. The summed E-state index contributed by atoms with van der Waals surface area (Å²) in [4.78, 5) is 2.95. The molecule has 1 aromatic rings. The first kappa shape index (κ1) is 14.0. The van der Waals surface area contributed by atoms with Crippen LogP contribution in [0, 0.1) is 5.41 Å². The van der Waals surface area contributed by atoms with Gasteiger partial charge in [0.2, 0.25) is 0 Å². The largest absolute Gasteiger partial charge is 0.271 e. The SMILES string of the molecule is CCc1ccc(CC(NN)C2(C)CCCCC2)s1. The Balaban J connectivity index is 2.03. The third kappa shape index (κ3) is 3.14. The summed E-state index contributed by atoms with van der Waals surface area (Å²) in [6.45, 7) is 4.63. The van der Waals surface area contributed by atoms with Crippen LogP contribution < -0.4 is 11.3 Å². The lowest BCUT2D eigenvalue weighted by Crippen LogP contribution is -2.49. The van der Waals surface area contributed by atoms with Gasteiger partial charge in [-0.25, -0.2) is 0 Å². The fourth-order valence-corrected chi connectivity index (χ4v) is 4.14. The van der Waals surface area contributed by atoms with Gasteiger partial charge in [0.15, 0.2) is 0 Å². The first-order valence-corrected chi connectivity index (χ1v) is 8.03. The van der Waals surface area contributed by atoms with E-state index in [-0.39, 0.29) is 0 Å². The number of aryl methyl sites for hydroxylation is 1. The summed E-state index contributed by atoms with van der Waals surface area (Å²) in [7, 11) is 0. The van der Waals surface area contributed by atoms with Gasteiger partial charge in [0.1, 0.15) is 0 Å². The number of hydrazine groups is 1. The Bertz CT molecular complexity index is 366. The van der Waals surface area contributed by atoms with Crippen molar-refractivity contribution in [3.8, 4) is 0 Å². The molecular weight excluding hydrogens is 240 g/mol. The van der Waals surface area contributed by atoms with E-state index in [0.29, 0.717) is 11.5 Å². The van der Waals surface area contributed by atoms with Crippen LogP contribution in [0.5, 0.6) is 0 Å². The Labute approximate surface area is 115 Å². The number of hydrogen-bond donors (Lipinski definition) is 2. The summed E-state index contributed by atoms with van der Waals surface area (Å²) in [6, 6.07) is 4.96. The number of hydrogen-bond acceptors (Lipinski definition) is 3. The lowest BCUT2D eigenvalue weighted by atomic mass is 9.70. The maximum Gasteiger partial charge on any atom is 0.0312 e. The van der Waals surface area contributed by atoms with E-state index in [2.05, 4.69) is 31.4 Å². The average Bonchev–Trinajstić information content (AvgIpc) is 2.84.